The van der Waals surface area contributed by atoms with Crippen LogP contribution in [0.1, 0.15) is 12.8 Å². The van der Waals surface area contributed by atoms with Crippen molar-refractivity contribution in [1.29, 1.82) is 0 Å². The standard InChI is InChI=1S/C9H17NO4/c11-5-9-2-1-3-10(9)4-6(12)7(13)8(9)14/h6-8,11-14H,1-5H2/t6-,7+,8-,9+/m0/s1. The van der Waals surface area contributed by atoms with E-state index in [1.54, 1.807) is 0 Å². The molecule has 4 atom stereocenters. The highest BCUT2D eigenvalue weighted by Crippen LogP contribution is 2.37. The third kappa shape index (κ3) is 1.20. The van der Waals surface area contributed by atoms with Crippen LogP contribution >= 0.6 is 0 Å². The predicted octanol–water partition coefficient (Wildman–Crippen LogP) is -2.09. The van der Waals surface area contributed by atoms with Gasteiger partial charge < -0.3 is 20.4 Å². The smallest absolute Gasteiger partial charge is 0.109 e. The van der Waals surface area contributed by atoms with Gasteiger partial charge >= 0.3 is 0 Å². The number of aliphatic hydroxyl groups is 4. The Morgan fingerprint density at radius 1 is 1.29 bits per heavy atom. The van der Waals surface area contributed by atoms with Gasteiger partial charge in [0.05, 0.1) is 18.2 Å². The fourth-order valence-electron chi connectivity index (χ4n) is 2.70. The maximum absolute atomic E-state index is 9.86. The van der Waals surface area contributed by atoms with Crippen molar-refractivity contribution in [3.8, 4) is 0 Å². The summed E-state index contributed by atoms with van der Waals surface area (Å²) in [6.45, 7) is 0.929. The van der Waals surface area contributed by atoms with Crippen LogP contribution in [0.3, 0.4) is 0 Å². The molecule has 0 aromatic heterocycles. The number of rotatable bonds is 1. The topological polar surface area (TPSA) is 84.2 Å². The summed E-state index contributed by atoms with van der Waals surface area (Å²) in [4.78, 5) is 1.88. The zero-order valence-electron chi connectivity index (χ0n) is 8.00. The molecule has 5 heteroatoms. The fraction of sp³-hybridized carbons (Fsp3) is 1.00. The average molecular weight is 203 g/mol. The number of β-amino-alcohol motifs (C(OH)–C–C–N with tert-alkyl or cyclic N) is 1. The Morgan fingerprint density at radius 2 is 2.00 bits per heavy atom. The van der Waals surface area contributed by atoms with Crippen molar-refractivity contribution >= 4 is 0 Å². The molecule has 0 aliphatic carbocycles. The van der Waals surface area contributed by atoms with E-state index in [0.717, 1.165) is 13.0 Å². The van der Waals surface area contributed by atoms with Gasteiger partial charge in [-0.2, -0.15) is 0 Å². The molecule has 0 amide bonds. The molecule has 0 aromatic rings. The highest BCUT2D eigenvalue weighted by Gasteiger charge is 2.54. The lowest BCUT2D eigenvalue weighted by Crippen LogP contribution is -2.68. The minimum absolute atomic E-state index is 0.169. The van der Waals surface area contributed by atoms with Crippen LogP contribution in [-0.2, 0) is 0 Å². The van der Waals surface area contributed by atoms with E-state index in [1.165, 1.54) is 0 Å². The Labute approximate surface area is 82.6 Å². The van der Waals surface area contributed by atoms with Gasteiger partial charge in [-0.3, -0.25) is 4.90 Å². The second kappa shape index (κ2) is 3.43. The number of piperidine rings is 1. The number of fused-ring (bicyclic) bond motifs is 1. The number of aliphatic hydroxyl groups excluding tert-OH is 4. The molecule has 2 aliphatic heterocycles. The molecular weight excluding hydrogens is 186 g/mol. The summed E-state index contributed by atoms with van der Waals surface area (Å²) < 4.78 is 0. The lowest BCUT2D eigenvalue weighted by molar-refractivity contribution is -0.174. The van der Waals surface area contributed by atoms with Crippen molar-refractivity contribution in [3.05, 3.63) is 0 Å². The van der Waals surface area contributed by atoms with Crippen LogP contribution in [0.25, 0.3) is 0 Å². The van der Waals surface area contributed by atoms with E-state index >= 15 is 0 Å². The van der Waals surface area contributed by atoms with E-state index in [0.29, 0.717) is 13.0 Å². The van der Waals surface area contributed by atoms with Gasteiger partial charge in [0.1, 0.15) is 12.2 Å². The average Bonchev–Trinajstić information content (AvgIpc) is 2.59. The van der Waals surface area contributed by atoms with Crippen LogP contribution in [-0.4, -0.2) is 68.9 Å². The summed E-state index contributed by atoms with van der Waals surface area (Å²) in [6, 6.07) is 0. The molecule has 0 aromatic carbocycles. The summed E-state index contributed by atoms with van der Waals surface area (Å²) in [5.41, 5.74) is -0.724. The van der Waals surface area contributed by atoms with Crippen molar-refractivity contribution in [2.75, 3.05) is 19.7 Å². The molecule has 0 unspecified atom stereocenters. The lowest BCUT2D eigenvalue weighted by atomic mass is 9.81. The molecule has 2 rings (SSSR count). The Balaban J connectivity index is 2.26. The molecule has 2 aliphatic rings. The minimum Gasteiger partial charge on any atom is -0.394 e. The highest BCUT2D eigenvalue weighted by molar-refractivity contribution is 5.08. The second-order valence-corrected chi connectivity index (χ2v) is 4.31. The van der Waals surface area contributed by atoms with Crippen LogP contribution < -0.4 is 0 Å². The Hall–Kier alpha value is -0.200. The zero-order valence-corrected chi connectivity index (χ0v) is 8.00. The van der Waals surface area contributed by atoms with E-state index in [9.17, 15) is 20.4 Å². The Kier molecular flexibility index (Phi) is 2.53. The quantitative estimate of drug-likeness (QED) is 0.393. The lowest BCUT2D eigenvalue weighted by Gasteiger charge is -2.48. The third-order valence-electron chi connectivity index (χ3n) is 3.62. The maximum atomic E-state index is 9.86. The van der Waals surface area contributed by atoms with Gasteiger partial charge in [0.25, 0.3) is 0 Å². The van der Waals surface area contributed by atoms with Crippen molar-refractivity contribution in [1.82, 2.24) is 4.90 Å². The SMILES string of the molecule is OC[C@@]12CCCN1C[C@H](O)[C@@H](O)[C@@H]2O. The molecule has 0 radical (unpaired) electrons. The first-order valence-corrected chi connectivity index (χ1v) is 5.02. The van der Waals surface area contributed by atoms with Crippen molar-refractivity contribution in [2.24, 2.45) is 0 Å². The van der Waals surface area contributed by atoms with Crippen molar-refractivity contribution < 1.29 is 20.4 Å². The third-order valence-corrected chi connectivity index (χ3v) is 3.62. The van der Waals surface area contributed by atoms with Gasteiger partial charge in [-0.05, 0) is 19.4 Å². The molecule has 82 valence electrons. The van der Waals surface area contributed by atoms with Crippen molar-refractivity contribution in [3.63, 3.8) is 0 Å². The van der Waals surface area contributed by atoms with Crippen LogP contribution in [0.15, 0.2) is 0 Å². The molecule has 0 spiro atoms. The van der Waals surface area contributed by atoms with Crippen LogP contribution in [0, 0.1) is 0 Å². The first-order chi connectivity index (χ1) is 6.62. The molecule has 0 saturated carbocycles. The fourth-order valence-corrected chi connectivity index (χ4v) is 2.70. The van der Waals surface area contributed by atoms with Gasteiger partial charge in [0.15, 0.2) is 0 Å². The first kappa shape index (κ1) is 10.3. The number of hydrogen-bond acceptors (Lipinski definition) is 5. The molecular formula is C9H17NO4. The van der Waals surface area contributed by atoms with E-state index in [4.69, 9.17) is 0 Å². The van der Waals surface area contributed by atoms with Gasteiger partial charge in [-0.15, -0.1) is 0 Å². The summed E-state index contributed by atoms with van der Waals surface area (Å²) in [7, 11) is 0. The van der Waals surface area contributed by atoms with E-state index in [2.05, 4.69) is 0 Å². The van der Waals surface area contributed by atoms with Gasteiger partial charge in [0.2, 0.25) is 0 Å². The van der Waals surface area contributed by atoms with Crippen LogP contribution in [0.4, 0.5) is 0 Å². The van der Waals surface area contributed by atoms with E-state index in [1.807, 2.05) is 4.90 Å². The largest absolute Gasteiger partial charge is 0.394 e. The Bertz CT molecular complexity index is 225. The molecule has 0 bridgehead atoms. The maximum Gasteiger partial charge on any atom is 0.109 e. The normalized spacial score (nSPS) is 49.3. The van der Waals surface area contributed by atoms with Crippen LogP contribution in [0.2, 0.25) is 0 Å². The Morgan fingerprint density at radius 3 is 2.64 bits per heavy atom. The van der Waals surface area contributed by atoms with Gasteiger partial charge in [-0.1, -0.05) is 0 Å². The van der Waals surface area contributed by atoms with E-state index in [-0.39, 0.29) is 6.61 Å². The minimum atomic E-state index is -1.14. The summed E-state index contributed by atoms with van der Waals surface area (Å²) in [6.07, 6.45) is -1.55. The molecule has 5 nitrogen and oxygen atoms in total. The van der Waals surface area contributed by atoms with E-state index < -0.39 is 23.9 Å². The van der Waals surface area contributed by atoms with Gasteiger partial charge in [-0.25, -0.2) is 0 Å². The second-order valence-electron chi connectivity index (χ2n) is 4.31. The molecule has 2 heterocycles. The zero-order chi connectivity index (χ0) is 10.3. The predicted molar refractivity (Wildman–Crippen MR) is 48.6 cm³/mol. The molecule has 14 heavy (non-hydrogen) atoms. The first-order valence-electron chi connectivity index (χ1n) is 5.02. The van der Waals surface area contributed by atoms with Crippen LogP contribution in [0.5, 0.6) is 0 Å². The summed E-state index contributed by atoms with van der Waals surface area (Å²) in [5, 5.41) is 38.2. The van der Waals surface area contributed by atoms with Gasteiger partial charge in [0, 0.05) is 6.54 Å². The molecule has 2 saturated heterocycles. The summed E-state index contributed by atoms with van der Waals surface area (Å²) in [5.74, 6) is 0. The van der Waals surface area contributed by atoms with Crippen molar-refractivity contribution in [2.45, 2.75) is 36.7 Å². The number of nitrogens with zero attached hydrogens (tertiary/aromatic N) is 1. The highest BCUT2D eigenvalue weighted by atomic mass is 16.4. The summed E-state index contributed by atoms with van der Waals surface area (Å²) >= 11 is 0. The molecule has 4 N–H and O–H groups in total. The number of hydrogen-bond donors (Lipinski definition) is 4. The monoisotopic (exact) mass is 203 g/mol. The molecule has 2 fully saturated rings.